The molecular formula is C28H31N. The SMILES string of the molecule is CC(C)(C)c1cn2c3ccc(C45CC6CC(CC(C6)C4)C5)cc3c3cccc1c32. The van der Waals surface area contributed by atoms with Gasteiger partial charge >= 0.3 is 0 Å². The topological polar surface area (TPSA) is 4.41 Å². The van der Waals surface area contributed by atoms with Crippen molar-refractivity contribution in [3.8, 4) is 0 Å². The summed E-state index contributed by atoms with van der Waals surface area (Å²) < 4.78 is 2.48. The lowest BCUT2D eigenvalue weighted by Gasteiger charge is -2.57. The van der Waals surface area contributed by atoms with Crippen LogP contribution in [0, 0.1) is 17.8 Å². The summed E-state index contributed by atoms with van der Waals surface area (Å²) in [5.74, 6) is 3.00. The standard InChI is InChI=1S/C28H31N/c1-27(2,3)24-16-29-25-8-7-20(12-23(25)21-5-4-6-22(24)26(21)29)28-13-17-9-18(14-28)11-19(10-17)15-28/h4-8,12,16-19H,9-11,13-15H2,1-3H3. The molecule has 0 atom stereocenters. The highest BCUT2D eigenvalue weighted by molar-refractivity contribution is 6.15. The average Bonchev–Trinajstić information content (AvgIpc) is 3.20. The Labute approximate surface area is 173 Å². The van der Waals surface area contributed by atoms with E-state index in [-0.39, 0.29) is 5.41 Å². The van der Waals surface area contributed by atoms with Gasteiger partial charge in [-0.2, -0.15) is 0 Å². The largest absolute Gasteiger partial charge is 0.315 e. The fourth-order valence-corrected chi connectivity index (χ4v) is 8.04. The van der Waals surface area contributed by atoms with Crippen molar-refractivity contribution in [3.63, 3.8) is 0 Å². The first kappa shape index (κ1) is 16.7. The lowest BCUT2D eigenvalue weighted by Crippen LogP contribution is -2.48. The lowest BCUT2D eigenvalue weighted by atomic mass is 9.48. The minimum atomic E-state index is 0.165. The zero-order valence-electron chi connectivity index (χ0n) is 18.0. The van der Waals surface area contributed by atoms with Crippen LogP contribution in [0.25, 0.3) is 27.2 Å². The maximum Gasteiger partial charge on any atom is 0.0610 e. The molecule has 1 heteroatoms. The summed E-state index contributed by atoms with van der Waals surface area (Å²) >= 11 is 0. The molecule has 0 N–H and O–H groups in total. The fraction of sp³-hybridized carbons (Fsp3) is 0.500. The summed E-state index contributed by atoms with van der Waals surface area (Å²) in [6.07, 6.45) is 11.3. The van der Waals surface area contributed by atoms with Gasteiger partial charge in [-0.1, -0.05) is 45.0 Å². The number of hydrogen-bond donors (Lipinski definition) is 0. The molecule has 1 nitrogen and oxygen atoms in total. The maximum atomic E-state index is 2.60. The smallest absolute Gasteiger partial charge is 0.0610 e. The van der Waals surface area contributed by atoms with E-state index in [0.29, 0.717) is 5.41 Å². The van der Waals surface area contributed by atoms with Gasteiger partial charge in [-0.15, -0.1) is 0 Å². The zero-order valence-corrected chi connectivity index (χ0v) is 18.0. The van der Waals surface area contributed by atoms with Crippen LogP contribution in [0.3, 0.4) is 0 Å². The van der Waals surface area contributed by atoms with Crippen molar-refractivity contribution in [2.45, 2.75) is 70.1 Å². The monoisotopic (exact) mass is 381 g/mol. The van der Waals surface area contributed by atoms with Crippen molar-refractivity contribution in [2.24, 2.45) is 17.8 Å². The van der Waals surface area contributed by atoms with E-state index in [1.807, 2.05) is 0 Å². The first-order valence-electron chi connectivity index (χ1n) is 11.7. The van der Waals surface area contributed by atoms with E-state index < -0.39 is 0 Å². The second-order valence-corrected chi connectivity index (χ2v) is 11.8. The van der Waals surface area contributed by atoms with E-state index in [2.05, 4.69) is 67.8 Å². The highest BCUT2D eigenvalue weighted by atomic mass is 14.9. The number of fused-ring (bicyclic) bond motifs is 3. The van der Waals surface area contributed by atoms with Crippen molar-refractivity contribution < 1.29 is 0 Å². The minimum Gasteiger partial charge on any atom is -0.315 e. The Balaban J connectivity index is 1.46. The summed E-state index contributed by atoms with van der Waals surface area (Å²) in [5.41, 5.74) is 6.57. The van der Waals surface area contributed by atoms with Gasteiger partial charge < -0.3 is 4.40 Å². The molecule has 0 radical (unpaired) electrons. The molecule has 8 rings (SSSR count). The Hall–Kier alpha value is -2.02. The van der Waals surface area contributed by atoms with Crippen molar-refractivity contribution in [2.75, 3.05) is 0 Å². The molecule has 2 heterocycles. The van der Waals surface area contributed by atoms with Crippen molar-refractivity contribution in [1.29, 1.82) is 0 Å². The molecule has 0 unspecified atom stereocenters. The van der Waals surface area contributed by atoms with Crippen LogP contribution in [0.4, 0.5) is 0 Å². The van der Waals surface area contributed by atoms with Crippen LogP contribution in [-0.2, 0) is 10.8 Å². The van der Waals surface area contributed by atoms with Gasteiger partial charge in [0.05, 0.1) is 11.0 Å². The Morgan fingerprint density at radius 1 is 0.828 bits per heavy atom. The molecule has 0 saturated heterocycles. The molecule has 2 aromatic carbocycles. The Kier molecular flexibility index (Phi) is 2.99. The first-order chi connectivity index (χ1) is 13.9. The molecule has 0 aliphatic heterocycles. The molecule has 148 valence electrons. The summed E-state index contributed by atoms with van der Waals surface area (Å²) in [7, 11) is 0. The summed E-state index contributed by atoms with van der Waals surface area (Å²) in [5, 5.41) is 4.35. The Morgan fingerprint density at radius 3 is 2.14 bits per heavy atom. The second-order valence-electron chi connectivity index (χ2n) is 11.8. The molecule has 4 fully saturated rings. The van der Waals surface area contributed by atoms with Crippen molar-refractivity contribution >= 4 is 27.2 Å². The molecule has 4 aliphatic rings. The van der Waals surface area contributed by atoms with Crippen LogP contribution in [0.5, 0.6) is 0 Å². The molecule has 0 spiro atoms. The molecule has 29 heavy (non-hydrogen) atoms. The Bertz CT molecular complexity index is 1230. The molecule has 2 aromatic heterocycles. The van der Waals surface area contributed by atoms with Gasteiger partial charge in [0.15, 0.2) is 0 Å². The number of rotatable bonds is 1. The maximum absolute atomic E-state index is 2.60. The predicted octanol–water partition coefficient (Wildman–Crippen LogP) is 7.45. The zero-order chi connectivity index (χ0) is 19.5. The number of aromatic nitrogens is 1. The third-order valence-corrected chi connectivity index (χ3v) is 8.83. The summed E-state index contributed by atoms with van der Waals surface area (Å²) in [6, 6.07) is 14.5. The van der Waals surface area contributed by atoms with Gasteiger partial charge in [0.1, 0.15) is 0 Å². The first-order valence-corrected chi connectivity index (χ1v) is 11.7. The second kappa shape index (κ2) is 5.17. The number of benzene rings is 2. The lowest BCUT2D eigenvalue weighted by molar-refractivity contribution is -0.00512. The van der Waals surface area contributed by atoms with Crippen LogP contribution in [0.1, 0.15) is 70.4 Å². The average molecular weight is 382 g/mol. The van der Waals surface area contributed by atoms with Gasteiger partial charge in [-0.25, -0.2) is 0 Å². The van der Waals surface area contributed by atoms with Crippen LogP contribution in [-0.4, -0.2) is 4.40 Å². The van der Waals surface area contributed by atoms with Gasteiger partial charge in [0, 0.05) is 22.4 Å². The van der Waals surface area contributed by atoms with E-state index in [4.69, 9.17) is 0 Å². The van der Waals surface area contributed by atoms with Gasteiger partial charge in [-0.05, 0) is 90.4 Å². The normalized spacial score (nSPS) is 31.6. The highest BCUT2D eigenvalue weighted by Gasteiger charge is 2.51. The Morgan fingerprint density at radius 2 is 1.48 bits per heavy atom. The minimum absolute atomic E-state index is 0.165. The molecule has 0 amide bonds. The van der Waals surface area contributed by atoms with Crippen molar-refractivity contribution in [3.05, 3.63) is 53.7 Å². The molecule has 4 saturated carbocycles. The quantitative estimate of drug-likeness (QED) is 0.322. The van der Waals surface area contributed by atoms with Gasteiger partial charge in [-0.3, -0.25) is 0 Å². The van der Waals surface area contributed by atoms with E-state index in [1.54, 1.807) is 5.56 Å². The van der Waals surface area contributed by atoms with E-state index in [9.17, 15) is 0 Å². The van der Waals surface area contributed by atoms with E-state index in [1.165, 1.54) is 71.3 Å². The number of nitrogens with zero attached hydrogens (tertiary/aromatic N) is 1. The molecule has 4 bridgehead atoms. The summed E-state index contributed by atoms with van der Waals surface area (Å²) in [6.45, 7) is 6.99. The summed E-state index contributed by atoms with van der Waals surface area (Å²) in [4.78, 5) is 0. The van der Waals surface area contributed by atoms with Crippen molar-refractivity contribution in [1.82, 2.24) is 4.40 Å². The molecule has 4 aromatic rings. The fourth-order valence-electron chi connectivity index (χ4n) is 8.04. The predicted molar refractivity (Wildman–Crippen MR) is 122 cm³/mol. The van der Waals surface area contributed by atoms with Crippen LogP contribution >= 0.6 is 0 Å². The third kappa shape index (κ3) is 2.12. The van der Waals surface area contributed by atoms with Gasteiger partial charge in [0.2, 0.25) is 0 Å². The van der Waals surface area contributed by atoms with E-state index >= 15 is 0 Å². The highest BCUT2D eigenvalue weighted by Crippen LogP contribution is 2.61. The van der Waals surface area contributed by atoms with Crippen LogP contribution in [0.15, 0.2) is 42.6 Å². The number of para-hydroxylation sites is 1. The molecular weight excluding hydrogens is 350 g/mol. The van der Waals surface area contributed by atoms with Crippen LogP contribution < -0.4 is 0 Å². The molecule has 4 aliphatic carbocycles. The van der Waals surface area contributed by atoms with Gasteiger partial charge in [0.25, 0.3) is 0 Å². The van der Waals surface area contributed by atoms with Crippen LogP contribution in [0.2, 0.25) is 0 Å². The van der Waals surface area contributed by atoms with E-state index in [0.717, 1.165) is 17.8 Å². The number of hydrogen-bond acceptors (Lipinski definition) is 0. The third-order valence-electron chi connectivity index (χ3n) is 8.83.